The van der Waals surface area contributed by atoms with E-state index in [0.29, 0.717) is 5.82 Å². The molecule has 0 fully saturated rings. The van der Waals surface area contributed by atoms with Gasteiger partial charge in [0, 0.05) is 82.0 Å². The molecule has 0 radical (unpaired) electrons. The van der Waals surface area contributed by atoms with Crippen molar-refractivity contribution in [2.45, 2.75) is 70.3 Å². The van der Waals surface area contributed by atoms with Crippen LogP contribution in [0, 0.1) is 0 Å². The second-order valence-corrected chi connectivity index (χ2v) is 31.6. The van der Waals surface area contributed by atoms with Crippen molar-refractivity contribution in [3.63, 3.8) is 0 Å². The SMILES string of the molecule is CC1(C)C2=C(C=CC(n3c4ccccc4c4ccc(-c5ccc6nc(-c7cccc(-c8ccc9c%10ccccc%10n(-c%10ccc%11c(c%10)C(C)(C)c%10ccccc%10-%11)c9c8)c7)nc(-c7cccc(-c8ccc9c%10ccccc%10n(-c%10ccc%11c(c%10)C(C)(C)c%10ccccc%10-%11)c9c8)c7)c6c5)cc43)C2)c2ccccc21. The highest BCUT2D eigenvalue weighted by atomic mass is 15.0. The van der Waals surface area contributed by atoms with Gasteiger partial charge in [-0.25, -0.2) is 9.97 Å². The van der Waals surface area contributed by atoms with Crippen molar-refractivity contribution in [1.29, 1.82) is 0 Å². The molecule has 4 aliphatic rings. The molecule has 0 saturated heterocycles. The quantitative estimate of drug-likeness (QED) is 0.152. The average molecular weight is 1360 g/mol. The smallest absolute Gasteiger partial charge is 0.160 e. The topological polar surface area (TPSA) is 40.6 Å². The van der Waals surface area contributed by atoms with Crippen LogP contribution in [0.5, 0.6) is 0 Å². The van der Waals surface area contributed by atoms with Crippen LogP contribution in [0.3, 0.4) is 0 Å². The minimum atomic E-state index is -0.138. The van der Waals surface area contributed by atoms with E-state index in [0.717, 1.165) is 78.9 Å². The maximum absolute atomic E-state index is 5.79. The van der Waals surface area contributed by atoms with Gasteiger partial charge >= 0.3 is 0 Å². The number of rotatable bonds is 8. The molecule has 22 rings (SSSR count). The largest absolute Gasteiger partial charge is 0.333 e. The van der Waals surface area contributed by atoms with Gasteiger partial charge in [0.05, 0.1) is 44.8 Å². The summed E-state index contributed by atoms with van der Waals surface area (Å²) < 4.78 is 7.57. The van der Waals surface area contributed by atoms with E-state index < -0.39 is 0 Å². The minimum absolute atomic E-state index is 0.0650. The van der Waals surface area contributed by atoms with E-state index in [4.69, 9.17) is 9.97 Å². The third kappa shape index (κ3) is 8.71. The van der Waals surface area contributed by atoms with Crippen molar-refractivity contribution in [3.8, 4) is 89.7 Å². The van der Waals surface area contributed by atoms with Crippen LogP contribution in [0.25, 0.3) is 172 Å². The summed E-state index contributed by atoms with van der Waals surface area (Å²) in [6, 6.07) is 114. The fraction of sp³-hybridized carbons (Fsp3) is 0.109. The number of nitrogens with zero attached hydrogens (tertiary/aromatic N) is 5. The molecule has 4 aliphatic carbocycles. The first-order chi connectivity index (χ1) is 51.8. The van der Waals surface area contributed by atoms with Crippen molar-refractivity contribution < 1.29 is 0 Å². The van der Waals surface area contributed by atoms with Gasteiger partial charge in [0.15, 0.2) is 5.82 Å². The summed E-state index contributed by atoms with van der Waals surface area (Å²) in [5.74, 6) is 0.671. The highest BCUT2D eigenvalue weighted by molar-refractivity contribution is 6.13. The molecule has 14 aromatic carbocycles. The number of hydrogen-bond acceptors (Lipinski definition) is 2. The van der Waals surface area contributed by atoms with E-state index in [-0.39, 0.29) is 22.3 Å². The Bertz CT molecular complexity index is 6970. The van der Waals surface area contributed by atoms with E-state index in [9.17, 15) is 0 Å². The third-order valence-corrected chi connectivity index (χ3v) is 24.9. The molecular formula is C101H73N5. The lowest BCUT2D eigenvalue weighted by Crippen LogP contribution is -2.21. The van der Waals surface area contributed by atoms with Gasteiger partial charge in [-0.2, -0.15) is 0 Å². The maximum Gasteiger partial charge on any atom is 0.160 e. The molecule has 502 valence electrons. The van der Waals surface area contributed by atoms with Crippen molar-refractivity contribution >= 4 is 81.9 Å². The molecule has 0 N–H and O–H groups in total. The second kappa shape index (κ2) is 22.2. The van der Waals surface area contributed by atoms with Crippen LogP contribution >= 0.6 is 0 Å². The molecule has 0 spiro atoms. The minimum Gasteiger partial charge on any atom is -0.333 e. The first kappa shape index (κ1) is 60.8. The van der Waals surface area contributed by atoms with Gasteiger partial charge in [-0.3, -0.25) is 0 Å². The summed E-state index contributed by atoms with van der Waals surface area (Å²) in [5, 5.41) is 8.43. The van der Waals surface area contributed by atoms with E-state index >= 15 is 0 Å². The molecule has 0 saturated carbocycles. The number of aromatic nitrogens is 5. The molecule has 4 aromatic heterocycles. The zero-order valence-corrected chi connectivity index (χ0v) is 60.0. The van der Waals surface area contributed by atoms with E-state index in [1.807, 2.05) is 0 Å². The van der Waals surface area contributed by atoms with Gasteiger partial charge in [0.2, 0.25) is 0 Å². The Morgan fingerprint density at radius 2 is 0.717 bits per heavy atom. The fourth-order valence-corrected chi connectivity index (χ4v) is 19.5. The normalized spacial score (nSPS) is 15.7. The Hall–Kier alpha value is -12.7. The van der Waals surface area contributed by atoms with Crippen LogP contribution in [0.15, 0.2) is 321 Å². The molecular weight excluding hydrogens is 1280 g/mol. The van der Waals surface area contributed by atoms with Crippen LogP contribution < -0.4 is 0 Å². The molecule has 5 heteroatoms. The summed E-state index contributed by atoms with van der Waals surface area (Å²) in [4.78, 5) is 11.4. The van der Waals surface area contributed by atoms with Gasteiger partial charge in [0.25, 0.3) is 0 Å². The van der Waals surface area contributed by atoms with Gasteiger partial charge in [0.1, 0.15) is 0 Å². The van der Waals surface area contributed by atoms with Gasteiger partial charge in [-0.15, -0.1) is 0 Å². The number of benzene rings is 14. The zero-order valence-electron chi connectivity index (χ0n) is 60.0. The maximum atomic E-state index is 5.79. The second-order valence-electron chi connectivity index (χ2n) is 31.6. The van der Waals surface area contributed by atoms with Crippen LogP contribution in [0.1, 0.15) is 87.4 Å². The van der Waals surface area contributed by atoms with E-state index in [2.05, 4.69) is 371 Å². The van der Waals surface area contributed by atoms with E-state index in [1.54, 1.807) is 0 Å². The van der Waals surface area contributed by atoms with Crippen molar-refractivity contribution in [3.05, 3.63) is 354 Å². The molecule has 4 heterocycles. The molecule has 5 nitrogen and oxygen atoms in total. The van der Waals surface area contributed by atoms with Crippen LogP contribution in [-0.2, 0) is 16.2 Å². The fourth-order valence-electron chi connectivity index (χ4n) is 19.5. The monoisotopic (exact) mass is 1360 g/mol. The third-order valence-electron chi connectivity index (χ3n) is 24.9. The Labute approximate surface area is 616 Å². The lowest BCUT2D eigenvalue weighted by Gasteiger charge is -2.30. The first-order valence-corrected chi connectivity index (χ1v) is 37.4. The number of para-hydroxylation sites is 3. The molecule has 0 bridgehead atoms. The Morgan fingerprint density at radius 1 is 0.292 bits per heavy atom. The molecule has 18 aromatic rings. The molecule has 1 atom stereocenters. The van der Waals surface area contributed by atoms with Crippen LogP contribution in [0.4, 0.5) is 0 Å². The summed E-state index contributed by atoms with van der Waals surface area (Å²) in [5.41, 5.74) is 36.0. The lowest BCUT2D eigenvalue weighted by molar-refractivity contribution is 0.544. The van der Waals surface area contributed by atoms with Crippen LogP contribution in [-0.4, -0.2) is 23.7 Å². The summed E-state index contributed by atoms with van der Waals surface area (Å²) >= 11 is 0. The van der Waals surface area contributed by atoms with Gasteiger partial charge in [-0.05, 0) is 192 Å². The Kier molecular flexibility index (Phi) is 12.7. The molecule has 1 unspecified atom stereocenters. The highest BCUT2D eigenvalue weighted by Gasteiger charge is 2.41. The lowest BCUT2D eigenvalue weighted by atomic mass is 9.77. The van der Waals surface area contributed by atoms with Crippen molar-refractivity contribution in [2.75, 3.05) is 0 Å². The predicted octanol–water partition coefficient (Wildman–Crippen LogP) is 26.1. The number of fused-ring (bicyclic) bond motifs is 18. The van der Waals surface area contributed by atoms with Gasteiger partial charge < -0.3 is 13.7 Å². The molecule has 106 heavy (non-hydrogen) atoms. The number of hydrogen-bond donors (Lipinski definition) is 0. The highest BCUT2D eigenvalue weighted by Crippen LogP contribution is 2.55. The molecule has 0 amide bonds. The Morgan fingerprint density at radius 3 is 1.30 bits per heavy atom. The zero-order chi connectivity index (χ0) is 70.6. The molecule has 0 aliphatic heterocycles. The number of allylic oxidation sites excluding steroid dienone is 4. The first-order valence-electron chi connectivity index (χ1n) is 37.4. The predicted molar refractivity (Wildman–Crippen MR) is 443 cm³/mol. The summed E-state index contributed by atoms with van der Waals surface area (Å²) in [6.07, 6.45) is 5.81. The summed E-state index contributed by atoms with van der Waals surface area (Å²) in [7, 11) is 0. The Balaban J connectivity index is 0.688. The summed E-state index contributed by atoms with van der Waals surface area (Å²) in [6.45, 7) is 14.3. The standard InChI is InChI=1S/C101H73N5/c1-99(2)84-31-13-7-25-71(84)74-47-41-68(57-87(74)99)104-91-34-16-10-28-77(91)80-44-37-63(54-94(80)104)60-21-19-23-66(51-60)97-83-53-62(65-39-46-82-79-30-12-18-36-93(79)106(96(82)56-65)70-43-49-76-73-27-9-15-33-86(73)101(5,6)89(76)59-70)40-50-90(83)102-98(103-97)67-24-20-22-61(52-67)64-38-45-81-78-29-11-17-35-92(78)105(95(81)55-64)69-42-48-75-72-26-8-14-32-85(72)100(3,4)88(75)58-69/h7-58,70H,59H2,1-6H3. The average Bonchev–Trinajstić information content (AvgIpc) is 1.56. The van der Waals surface area contributed by atoms with Gasteiger partial charge in [-0.1, -0.05) is 272 Å². The van der Waals surface area contributed by atoms with Crippen LogP contribution in [0.2, 0.25) is 0 Å². The van der Waals surface area contributed by atoms with E-state index in [1.165, 1.54) is 132 Å². The van der Waals surface area contributed by atoms with Crippen molar-refractivity contribution in [2.24, 2.45) is 0 Å². The van der Waals surface area contributed by atoms with Crippen molar-refractivity contribution in [1.82, 2.24) is 23.7 Å².